The first kappa shape index (κ1) is 19.1. The molecule has 130 valence electrons. The van der Waals surface area contributed by atoms with E-state index in [1.54, 1.807) is 13.8 Å². The molecule has 8 nitrogen and oxygen atoms in total. The molecule has 0 saturated carbocycles. The smallest absolute Gasteiger partial charge is 0.358 e. The Morgan fingerprint density at radius 2 is 2.13 bits per heavy atom. The van der Waals surface area contributed by atoms with E-state index in [1.165, 1.54) is 10.7 Å². The third-order valence-electron chi connectivity index (χ3n) is 3.89. The number of carbonyl (C=O) groups is 1. The van der Waals surface area contributed by atoms with E-state index in [2.05, 4.69) is 29.2 Å². The summed E-state index contributed by atoms with van der Waals surface area (Å²) in [5.41, 5.74) is 0.679. The summed E-state index contributed by atoms with van der Waals surface area (Å²) in [6.45, 7) is 11.7. The van der Waals surface area contributed by atoms with Crippen LogP contribution in [0.5, 0.6) is 0 Å². The largest absolute Gasteiger partial charge is 0.390 e. The summed E-state index contributed by atoms with van der Waals surface area (Å²) in [7, 11) is 0. The van der Waals surface area contributed by atoms with E-state index in [4.69, 9.17) is 0 Å². The maximum atomic E-state index is 12.1. The minimum absolute atomic E-state index is 0.0536. The average molecular weight is 325 g/mol. The van der Waals surface area contributed by atoms with Gasteiger partial charge in [0.25, 0.3) is 0 Å². The van der Waals surface area contributed by atoms with Crippen molar-refractivity contribution in [2.24, 2.45) is 5.92 Å². The molecule has 0 aromatic carbocycles. The lowest BCUT2D eigenvalue weighted by molar-refractivity contribution is -0.389. The zero-order valence-corrected chi connectivity index (χ0v) is 14.4. The summed E-state index contributed by atoms with van der Waals surface area (Å²) in [5.74, 6) is -0.530. The highest BCUT2D eigenvalue weighted by Gasteiger charge is 2.20. The fraction of sp³-hybridized carbons (Fsp3) is 0.733. The van der Waals surface area contributed by atoms with Crippen LogP contribution in [0.25, 0.3) is 0 Å². The van der Waals surface area contributed by atoms with Gasteiger partial charge in [-0.15, -0.1) is 0 Å². The van der Waals surface area contributed by atoms with Gasteiger partial charge < -0.3 is 20.3 Å². The van der Waals surface area contributed by atoms with Gasteiger partial charge in [0, 0.05) is 6.54 Å². The molecule has 0 fully saturated rings. The van der Waals surface area contributed by atoms with Crippen molar-refractivity contribution in [1.29, 1.82) is 0 Å². The molecule has 0 aliphatic rings. The van der Waals surface area contributed by atoms with Gasteiger partial charge in [0.15, 0.2) is 0 Å². The van der Waals surface area contributed by atoms with E-state index in [1.807, 2.05) is 0 Å². The number of nitrogens with one attached hydrogen (secondary N) is 1. The van der Waals surface area contributed by atoms with Crippen molar-refractivity contribution in [3.05, 3.63) is 21.9 Å². The summed E-state index contributed by atoms with van der Waals surface area (Å²) in [5, 5.41) is 17.5. The summed E-state index contributed by atoms with van der Waals surface area (Å²) in [6.07, 6.45) is 0.909. The lowest BCUT2D eigenvalue weighted by atomic mass is 10.1. The number of nitro groups is 1. The second-order valence-electron chi connectivity index (χ2n) is 5.66. The molecule has 0 aliphatic carbocycles. The first-order valence-electron chi connectivity index (χ1n) is 8.07. The van der Waals surface area contributed by atoms with Crippen molar-refractivity contribution in [2.75, 3.05) is 26.2 Å². The van der Waals surface area contributed by atoms with Gasteiger partial charge in [-0.2, -0.15) is 4.68 Å². The molecule has 1 aromatic rings. The highest BCUT2D eigenvalue weighted by molar-refractivity contribution is 5.78. The lowest BCUT2D eigenvalue weighted by Gasteiger charge is -2.18. The van der Waals surface area contributed by atoms with Gasteiger partial charge in [0.1, 0.15) is 0 Å². The van der Waals surface area contributed by atoms with Crippen molar-refractivity contribution in [1.82, 2.24) is 20.0 Å². The van der Waals surface area contributed by atoms with Crippen LogP contribution in [-0.4, -0.2) is 51.7 Å². The van der Waals surface area contributed by atoms with E-state index < -0.39 is 4.92 Å². The molecule has 1 amide bonds. The van der Waals surface area contributed by atoms with Gasteiger partial charge in [-0.1, -0.05) is 20.8 Å². The first-order valence-corrected chi connectivity index (χ1v) is 8.07. The lowest BCUT2D eigenvalue weighted by Crippen LogP contribution is -2.34. The van der Waals surface area contributed by atoms with Crippen molar-refractivity contribution < 1.29 is 9.72 Å². The molecule has 8 heteroatoms. The van der Waals surface area contributed by atoms with E-state index in [0.29, 0.717) is 18.8 Å². The Morgan fingerprint density at radius 1 is 1.48 bits per heavy atom. The minimum Gasteiger partial charge on any atom is -0.358 e. The van der Waals surface area contributed by atoms with E-state index in [-0.39, 0.29) is 17.6 Å². The van der Waals surface area contributed by atoms with Crippen LogP contribution in [0.2, 0.25) is 0 Å². The number of nitrogens with zero attached hydrogens (tertiary/aromatic N) is 4. The normalized spacial score (nSPS) is 12.4. The van der Waals surface area contributed by atoms with Crippen molar-refractivity contribution in [2.45, 2.75) is 40.7 Å². The molecule has 0 saturated heterocycles. The van der Waals surface area contributed by atoms with Crippen LogP contribution in [0.4, 0.5) is 5.82 Å². The second kappa shape index (κ2) is 9.24. The molecule has 1 heterocycles. The number of aryl methyl sites for hydroxylation is 1. The van der Waals surface area contributed by atoms with Crippen LogP contribution in [-0.2, 0) is 11.3 Å². The van der Waals surface area contributed by atoms with Gasteiger partial charge in [-0.25, -0.2) is 0 Å². The zero-order chi connectivity index (χ0) is 17.4. The van der Waals surface area contributed by atoms with Gasteiger partial charge >= 0.3 is 5.82 Å². The molecular weight excluding hydrogens is 298 g/mol. The average Bonchev–Trinajstić information content (AvgIpc) is 2.88. The second-order valence-corrected chi connectivity index (χ2v) is 5.66. The highest BCUT2D eigenvalue weighted by Crippen LogP contribution is 2.12. The molecule has 1 N–H and O–H groups in total. The maximum absolute atomic E-state index is 12.1. The SMILES string of the molecule is CCN(CC)CCCNC(=O)C(C)Cn1nc([N+](=O)[O-])cc1C. The fourth-order valence-electron chi connectivity index (χ4n) is 2.34. The number of carbonyl (C=O) groups excluding carboxylic acids is 1. The molecule has 1 unspecified atom stereocenters. The predicted octanol–water partition coefficient (Wildman–Crippen LogP) is 1.58. The van der Waals surface area contributed by atoms with Crippen LogP contribution in [0.15, 0.2) is 6.07 Å². The van der Waals surface area contributed by atoms with Crippen LogP contribution in [0, 0.1) is 23.0 Å². The fourth-order valence-corrected chi connectivity index (χ4v) is 2.34. The highest BCUT2D eigenvalue weighted by atomic mass is 16.6. The monoisotopic (exact) mass is 325 g/mol. The van der Waals surface area contributed by atoms with Crippen LogP contribution in [0.3, 0.4) is 0 Å². The van der Waals surface area contributed by atoms with Gasteiger partial charge in [0.2, 0.25) is 5.91 Å². The Morgan fingerprint density at radius 3 is 2.65 bits per heavy atom. The van der Waals surface area contributed by atoms with E-state index in [0.717, 1.165) is 26.1 Å². The number of rotatable bonds is 10. The summed E-state index contributed by atoms with van der Waals surface area (Å²) in [6, 6.07) is 1.41. The molecule has 0 spiro atoms. The minimum atomic E-state index is -0.526. The van der Waals surface area contributed by atoms with Crippen molar-refractivity contribution >= 4 is 11.7 Å². The third-order valence-corrected chi connectivity index (χ3v) is 3.89. The Bertz CT molecular complexity index is 525. The Hall–Kier alpha value is -1.96. The number of hydrogen-bond donors (Lipinski definition) is 1. The molecule has 1 atom stereocenters. The summed E-state index contributed by atoms with van der Waals surface area (Å²) in [4.78, 5) is 24.6. The summed E-state index contributed by atoms with van der Waals surface area (Å²) < 4.78 is 1.51. The molecule has 0 aliphatic heterocycles. The van der Waals surface area contributed by atoms with Gasteiger partial charge in [-0.05, 0) is 37.9 Å². The quantitative estimate of drug-likeness (QED) is 0.400. The standard InChI is InChI=1S/C15H27N5O3/c1-5-18(6-2)9-7-8-16-15(21)12(3)11-19-13(4)10-14(17-19)20(22)23/h10,12H,5-9,11H2,1-4H3,(H,16,21). The predicted molar refractivity (Wildman–Crippen MR) is 88.2 cm³/mol. The molecule has 1 aromatic heterocycles. The maximum Gasteiger partial charge on any atom is 0.390 e. The van der Waals surface area contributed by atoms with Crippen LogP contribution >= 0.6 is 0 Å². The number of hydrogen-bond acceptors (Lipinski definition) is 5. The number of aromatic nitrogens is 2. The Labute approximate surface area is 137 Å². The third kappa shape index (κ3) is 5.97. The van der Waals surface area contributed by atoms with Gasteiger partial charge in [-0.3, -0.25) is 4.79 Å². The molecule has 1 rings (SSSR count). The van der Waals surface area contributed by atoms with E-state index >= 15 is 0 Å². The van der Waals surface area contributed by atoms with Crippen LogP contribution < -0.4 is 5.32 Å². The first-order chi connectivity index (χ1) is 10.9. The number of amides is 1. The van der Waals surface area contributed by atoms with Gasteiger partial charge in [0.05, 0.1) is 29.3 Å². The van der Waals surface area contributed by atoms with Crippen molar-refractivity contribution in [3.8, 4) is 0 Å². The Kier molecular flexibility index (Phi) is 7.67. The molecule has 0 bridgehead atoms. The summed E-state index contributed by atoms with van der Waals surface area (Å²) >= 11 is 0. The van der Waals surface area contributed by atoms with Crippen LogP contribution in [0.1, 0.15) is 32.9 Å². The Balaban J connectivity index is 2.41. The molecular formula is C15H27N5O3. The van der Waals surface area contributed by atoms with E-state index in [9.17, 15) is 14.9 Å². The molecule has 0 radical (unpaired) electrons. The van der Waals surface area contributed by atoms with Crippen molar-refractivity contribution in [3.63, 3.8) is 0 Å². The molecule has 23 heavy (non-hydrogen) atoms. The zero-order valence-electron chi connectivity index (χ0n) is 14.4. The topological polar surface area (TPSA) is 93.3 Å².